The topological polar surface area (TPSA) is 55.8 Å². The summed E-state index contributed by atoms with van der Waals surface area (Å²) in [5.41, 5.74) is 0.922. The molecule has 5 nitrogen and oxygen atoms in total. The quantitative estimate of drug-likeness (QED) is 0.800. The number of benzene rings is 1. The van der Waals surface area contributed by atoms with Crippen LogP contribution in [0.25, 0.3) is 0 Å². The Labute approximate surface area is 124 Å². The molecule has 1 aromatic carbocycles. The highest BCUT2D eigenvalue weighted by atomic mass is 16.6. The Balaban J connectivity index is 1.97. The van der Waals surface area contributed by atoms with Crippen LogP contribution in [0.5, 0.6) is 0 Å². The molecule has 1 heterocycles. The van der Waals surface area contributed by atoms with Crippen LogP contribution in [0, 0.1) is 0 Å². The molecule has 1 aliphatic heterocycles. The van der Waals surface area contributed by atoms with Crippen LogP contribution in [0.15, 0.2) is 30.3 Å². The number of hydrogen-bond acceptors (Lipinski definition) is 4. The zero-order chi connectivity index (χ0) is 15.2. The van der Waals surface area contributed by atoms with Gasteiger partial charge in [-0.15, -0.1) is 0 Å². The van der Waals surface area contributed by atoms with Crippen molar-refractivity contribution >= 4 is 12.1 Å². The fraction of sp³-hybridized carbons (Fsp3) is 0.500. The highest BCUT2D eigenvalue weighted by molar-refractivity contribution is 5.82. The van der Waals surface area contributed by atoms with E-state index in [2.05, 4.69) is 0 Å². The lowest BCUT2D eigenvalue weighted by molar-refractivity contribution is -0.148. The predicted molar refractivity (Wildman–Crippen MR) is 77.6 cm³/mol. The molecule has 0 bridgehead atoms. The summed E-state index contributed by atoms with van der Waals surface area (Å²) in [5.74, 6) is -0.349. The molecule has 0 saturated carbocycles. The van der Waals surface area contributed by atoms with E-state index in [0.717, 1.165) is 12.0 Å². The number of ether oxygens (including phenoxy) is 2. The standard InChI is InChI=1S/C16H21NO4/c1-3-20-15(18)14-10-9-12(2)17(14)16(19)21-11-13-7-5-4-6-8-13/h4-8,12,14H,3,9-11H2,1-2H3. The molecular formula is C16H21NO4. The van der Waals surface area contributed by atoms with Crippen LogP contribution >= 0.6 is 0 Å². The minimum atomic E-state index is -0.525. The van der Waals surface area contributed by atoms with Crippen LogP contribution in [0.4, 0.5) is 4.79 Å². The van der Waals surface area contributed by atoms with E-state index in [1.807, 2.05) is 37.3 Å². The number of hydrogen-bond donors (Lipinski definition) is 0. The van der Waals surface area contributed by atoms with Gasteiger partial charge in [0.2, 0.25) is 0 Å². The Morgan fingerprint density at radius 3 is 2.57 bits per heavy atom. The fourth-order valence-electron chi connectivity index (χ4n) is 2.56. The van der Waals surface area contributed by atoms with Gasteiger partial charge in [0.25, 0.3) is 0 Å². The van der Waals surface area contributed by atoms with Crippen LogP contribution in [-0.4, -0.2) is 35.7 Å². The van der Waals surface area contributed by atoms with Crippen molar-refractivity contribution < 1.29 is 19.1 Å². The van der Waals surface area contributed by atoms with Gasteiger partial charge < -0.3 is 9.47 Å². The molecule has 1 amide bonds. The van der Waals surface area contributed by atoms with E-state index in [-0.39, 0.29) is 18.6 Å². The molecule has 1 fully saturated rings. The molecule has 0 aromatic heterocycles. The van der Waals surface area contributed by atoms with Crippen molar-refractivity contribution in [1.29, 1.82) is 0 Å². The molecular weight excluding hydrogens is 270 g/mol. The smallest absolute Gasteiger partial charge is 0.411 e. The molecule has 1 saturated heterocycles. The monoisotopic (exact) mass is 291 g/mol. The third-order valence-corrected chi connectivity index (χ3v) is 3.64. The number of carbonyl (C=O) groups excluding carboxylic acids is 2. The summed E-state index contributed by atoms with van der Waals surface area (Å²) in [6.07, 6.45) is 0.951. The Kier molecular flexibility index (Phi) is 5.20. The van der Waals surface area contributed by atoms with Crippen LogP contribution in [-0.2, 0) is 20.9 Å². The molecule has 0 aliphatic carbocycles. The maximum absolute atomic E-state index is 12.2. The van der Waals surface area contributed by atoms with E-state index in [4.69, 9.17) is 9.47 Å². The van der Waals surface area contributed by atoms with Gasteiger partial charge in [-0.05, 0) is 32.3 Å². The first kappa shape index (κ1) is 15.4. The Hall–Kier alpha value is -2.04. The maximum Gasteiger partial charge on any atom is 0.411 e. The number of likely N-dealkylation sites (tertiary alicyclic amines) is 1. The molecule has 0 spiro atoms. The Morgan fingerprint density at radius 1 is 1.19 bits per heavy atom. The van der Waals surface area contributed by atoms with E-state index in [1.165, 1.54) is 4.90 Å². The van der Waals surface area contributed by atoms with Gasteiger partial charge in [-0.1, -0.05) is 30.3 Å². The lowest BCUT2D eigenvalue weighted by atomic mass is 10.2. The normalized spacial score (nSPS) is 21.1. The van der Waals surface area contributed by atoms with Crippen molar-refractivity contribution in [1.82, 2.24) is 4.90 Å². The minimum Gasteiger partial charge on any atom is -0.464 e. The first-order chi connectivity index (χ1) is 10.1. The SMILES string of the molecule is CCOC(=O)C1CCC(C)N1C(=O)OCc1ccccc1. The van der Waals surface area contributed by atoms with E-state index in [9.17, 15) is 9.59 Å². The van der Waals surface area contributed by atoms with Gasteiger partial charge in [-0.2, -0.15) is 0 Å². The summed E-state index contributed by atoms with van der Waals surface area (Å²) in [7, 11) is 0. The van der Waals surface area contributed by atoms with Gasteiger partial charge in [0.05, 0.1) is 6.61 Å². The lowest BCUT2D eigenvalue weighted by Gasteiger charge is -2.26. The number of amides is 1. The lowest BCUT2D eigenvalue weighted by Crippen LogP contribution is -2.44. The summed E-state index contributed by atoms with van der Waals surface area (Å²) < 4.78 is 10.3. The second kappa shape index (κ2) is 7.11. The molecule has 2 atom stereocenters. The molecule has 1 aromatic rings. The summed E-state index contributed by atoms with van der Waals surface area (Å²) in [6.45, 7) is 4.20. The van der Waals surface area contributed by atoms with Gasteiger partial charge in [0, 0.05) is 6.04 Å². The zero-order valence-corrected chi connectivity index (χ0v) is 12.5. The summed E-state index contributed by atoms with van der Waals surface area (Å²) >= 11 is 0. The third-order valence-electron chi connectivity index (χ3n) is 3.64. The predicted octanol–water partition coefficient (Wildman–Crippen LogP) is 2.74. The van der Waals surface area contributed by atoms with Gasteiger partial charge in [0.15, 0.2) is 0 Å². The van der Waals surface area contributed by atoms with Gasteiger partial charge in [-0.25, -0.2) is 9.59 Å². The summed E-state index contributed by atoms with van der Waals surface area (Å²) in [5, 5.41) is 0. The number of nitrogens with zero attached hydrogens (tertiary/aromatic N) is 1. The highest BCUT2D eigenvalue weighted by Gasteiger charge is 2.40. The third kappa shape index (κ3) is 3.74. The van der Waals surface area contributed by atoms with Crippen molar-refractivity contribution in [2.24, 2.45) is 0 Å². The summed E-state index contributed by atoms with van der Waals surface area (Å²) in [4.78, 5) is 25.7. The van der Waals surface area contributed by atoms with E-state index in [0.29, 0.717) is 13.0 Å². The van der Waals surface area contributed by atoms with Crippen molar-refractivity contribution in [3.8, 4) is 0 Å². The van der Waals surface area contributed by atoms with Gasteiger partial charge in [-0.3, -0.25) is 4.90 Å². The fourth-order valence-corrected chi connectivity index (χ4v) is 2.56. The number of rotatable bonds is 4. The first-order valence-corrected chi connectivity index (χ1v) is 7.29. The van der Waals surface area contributed by atoms with Crippen LogP contribution < -0.4 is 0 Å². The zero-order valence-electron chi connectivity index (χ0n) is 12.5. The average Bonchev–Trinajstić information content (AvgIpc) is 2.88. The van der Waals surface area contributed by atoms with Gasteiger partial charge in [0.1, 0.15) is 12.6 Å². The maximum atomic E-state index is 12.2. The number of carbonyl (C=O) groups is 2. The average molecular weight is 291 g/mol. The molecule has 114 valence electrons. The molecule has 1 aliphatic rings. The molecule has 2 rings (SSSR count). The van der Waals surface area contributed by atoms with Crippen molar-refractivity contribution in [2.45, 2.75) is 45.4 Å². The van der Waals surface area contributed by atoms with Crippen molar-refractivity contribution in [2.75, 3.05) is 6.61 Å². The van der Waals surface area contributed by atoms with Crippen molar-refractivity contribution in [3.63, 3.8) is 0 Å². The highest BCUT2D eigenvalue weighted by Crippen LogP contribution is 2.26. The van der Waals surface area contributed by atoms with Crippen molar-refractivity contribution in [3.05, 3.63) is 35.9 Å². The second-order valence-electron chi connectivity index (χ2n) is 5.14. The van der Waals surface area contributed by atoms with Gasteiger partial charge >= 0.3 is 12.1 Å². The summed E-state index contributed by atoms with van der Waals surface area (Å²) in [6, 6.07) is 8.94. The van der Waals surface area contributed by atoms with E-state index in [1.54, 1.807) is 6.92 Å². The molecule has 0 N–H and O–H groups in total. The van der Waals surface area contributed by atoms with Crippen LogP contribution in [0.1, 0.15) is 32.3 Å². The van der Waals surface area contributed by atoms with Crippen LogP contribution in [0.3, 0.4) is 0 Å². The number of esters is 1. The first-order valence-electron chi connectivity index (χ1n) is 7.29. The van der Waals surface area contributed by atoms with E-state index < -0.39 is 12.1 Å². The molecule has 21 heavy (non-hydrogen) atoms. The molecule has 2 unspecified atom stereocenters. The Bertz CT molecular complexity index is 488. The molecule has 0 radical (unpaired) electrons. The Morgan fingerprint density at radius 2 is 1.90 bits per heavy atom. The van der Waals surface area contributed by atoms with E-state index >= 15 is 0 Å². The van der Waals surface area contributed by atoms with Crippen LogP contribution in [0.2, 0.25) is 0 Å². The largest absolute Gasteiger partial charge is 0.464 e. The molecule has 5 heteroatoms. The minimum absolute atomic E-state index is 0.0114. The second-order valence-corrected chi connectivity index (χ2v) is 5.14.